The van der Waals surface area contributed by atoms with E-state index in [-0.39, 0.29) is 16.8 Å². The van der Waals surface area contributed by atoms with Crippen molar-refractivity contribution in [1.29, 1.82) is 0 Å². The molecule has 2 aliphatic carbocycles. The largest absolute Gasteiger partial charge is 0.366 e. The van der Waals surface area contributed by atoms with E-state index >= 15 is 0 Å². The van der Waals surface area contributed by atoms with Gasteiger partial charge < -0.3 is 9.47 Å². The van der Waals surface area contributed by atoms with Crippen molar-refractivity contribution in [3.8, 4) is 0 Å². The van der Waals surface area contributed by atoms with Crippen LogP contribution in [0.1, 0.15) is 65.7 Å². The molecule has 0 aromatic rings. The van der Waals surface area contributed by atoms with Gasteiger partial charge in [-0.25, -0.2) is 0 Å². The number of hydrogen-bond acceptors (Lipinski definition) is 2. The maximum atomic E-state index is 6.00. The highest BCUT2D eigenvalue weighted by molar-refractivity contribution is 5.14. The Morgan fingerprint density at radius 1 is 0.944 bits per heavy atom. The molecule has 4 fully saturated rings. The lowest BCUT2D eigenvalue weighted by Gasteiger charge is -2.32. The van der Waals surface area contributed by atoms with Crippen LogP contribution < -0.4 is 0 Å². The van der Waals surface area contributed by atoms with Gasteiger partial charge in [-0.1, -0.05) is 0 Å². The van der Waals surface area contributed by atoms with E-state index in [4.69, 9.17) is 9.47 Å². The van der Waals surface area contributed by atoms with E-state index in [0.29, 0.717) is 6.10 Å². The summed E-state index contributed by atoms with van der Waals surface area (Å²) < 4.78 is 11.8. The van der Waals surface area contributed by atoms with Gasteiger partial charge in [0.25, 0.3) is 0 Å². The molecule has 0 N–H and O–H groups in total. The third kappa shape index (κ3) is 1.61. The Kier molecular flexibility index (Phi) is 2.16. The fourth-order valence-corrected chi connectivity index (χ4v) is 4.95. The first-order chi connectivity index (χ1) is 8.43. The van der Waals surface area contributed by atoms with Crippen LogP contribution in [0, 0.1) is 11.8 Å². The third-order valence-electron chi connectivity index (χ3n) is 6.47. The van der Waals surface area contributed by atoms with E-state index in [1.807, 2.05) is 0 Å². The molecule has 2 saturated heterocycles. The molecule has 2 saturated carbocycles. The van der Waals surface area contributed by atoms with Crippen LogP contribution in [0.15, 0.2) is 0 Å². The molecule has 2 heterocycles. The second-order valence-electron chi connectivity index (χ2n) is 7.97. The van der Waals surface area contributed by atoms with E-state index in [2.05, 4.69) is 20.8 Å². The van der Waals surface area contributed by atoms with Crippen LogP contribution in [0.2, 0.25) is 0 Å². The van der Waals surface area contributed by atoms with Crippen molar-refractivity contribution in [2.45, 2.75) is 88.6 Å². The highest BCUT2D eigenvalue weighted by atomic mass is 16.6. The fourth-order valence-electron chi connectivity index (χ4n) is 4.95. The number of epoxide rings is 2. The molecule has 0 spiro atoms. The Bertz CT molecular complexity index is 381. The van der Waals surface area contributed by atoms with Gasteiger partial charge in [-0.3, -0.25) is 0 Å². The highest BCUT2D eigenvalue weighted by Crippen LogP contribution is 2.60. The van der Waals surface area contributed by atoms with Gasteiger partial charge in [0.2, 0.25) is 0 Å². The van der Waals surface area contributed by atoms with Gasteiger partial charge >= 0.3 is 0 Å². The van der Waals surface area contributed by atoms with E-state index in [1.54, 1.807) is 0 Å². The summed E-state index contributed by atoms with van der Waals surface area (Å²) in [6, 6.07) is 0. The summed E-state index contributed by atoms with van der Waals surface area (Å²) in [6.45, 7) is 6.93. The van der Waals surface area contributed by atoms with E-state index in [0.717, 1.165) is 11.8 Å². The monoisotopic (exact) mass is 250 g/mol. The molecular formula is C16H26O2. The first-order valence-corrected chi connectivity index (χ1v) is 7.81. The molecule has 18 heavy (non-hydrogen) atoms. The Morgan fingerprint density at radius 2 is 1.72 bits per heavy atom. The molecule has 0 radical (unpaired) electrons. The summed E-state index contributed by atoms with van der Waals surface area (Å²) in [7, 11) is 0. The summed E-state index contributed by atoms with van der Waals surface area (Å²) >= 11 is 0. The number of ether oxygens (including phenoxy) is 2. The molecule has 6 atom stereocenters. The molecular weight excluding hydrogens is 224 g/mol. The summed E-state index contributed by atoms with van der Waals surface area (Å²) in [5.74, 6) is 1.81. The lowest BCUT2D eigenvalue weighted by molar-refractivity contribution is 0.205. The van der Waals surface area contributed by atoms with Crippen molar-refractivity contribution < 1.29 is 9.47 Å². The average Bonchev–Trinajstić information content (AvgIpc) is 3.09. The van der Waals surface area contributed by atoms with Crippen molar-refractivity contribution >= 4 is 0 Å². The molecule has 2 aliphatic heterocycles. The molecule has 0 amide bonds. The zero-order valence-corrected chi connectivity index (χ0v) is 12.0. The normalized spacial score (nSPS) is 61.8. The molecule has 4 rings (SSSR count). The van der Waals surface area contributed by atoms with E-state index in [1.165, 1.54) is 44.9 Å². The third-order valence-corrected chi connectivity index (χ3v) is 6.47. The first kappa shape index (κ1) is 11.7. The smallest absolute Gasteiger partial charge is 0.0951 e. The van der Waals surface area contributed by atoms with Crippen LogP contribution in [0.5, 0.6) is 0 Å². The predicted molar refractivity (Wildman–Crippen MR) is 70.5 cm³/mol. The van der Waals surface area contributed by atoms with E-state index in [9.17, 15) is 0 Å². The van der Waals surface area contributed by atoms with Crippen molar-refractivity contribution in [2.75, 3.05) is 0 Å². The van der Waals surface area contributed by atoms with Crippen molar-refractivity contribution in [2.24, 2.45) is 11.8 Å². The molecule has 2 nitrogen and oxygen atoms in total. The Hall–Kier alpha value is -0.0800. The Labute approximate surface area is 110 Å². The zero-order valence-electron chi connectivity index (χ0n) is 12.0. The van der Waals surface area contributed by atoms with Gasteiger partial charge in [-0.05, 0) is 77.6 Å². The lowest BCUT2D eigenvalue weighted by atomic mass is 9.70. The minimum absolute atomic E-state index is 0.215. The lowest BCUT2D eigenvalue weighted by Crippen LogP contribution is -2.31. The molecule has 6 unspecified atom stereocenters. The van der Waals surface area contributed by atoms with Gasteiger partial charge in [0, 0.05) is 0 Å². The summed E-state index contributed by atoms with van der Waals surface area (Å²) in [5, 5.41) is 0. The SMILES string of the molecule is CC12CC(CC3CCC4(C)OC4(C)C3)CCC1O2. The second kappa shape index (κ2) is 3.32. The quantitative estimate of drug-likeness (QED) is 0.698. The molecule has 0 aromatic carbocycles. The van der Waals surface area contributed by atoms with Crippen LogP contribution in [0.3, 0.4) is 0 Å². The van der Waals surface area contributed by atoms with Crippen LogP contribution in [-0.2, 0) is 9.47 Å². The highest BCUT2D eigenvalue weighted by Gasteiger charge is 2.65. The summed E-state index contributed by atoms with van der Waals surface area (Å²) in [4.78, 5) is 0. The van der Waals surface area contributed by atoms with Gasteiger partial charge in [-0.15, -0.1) is 0 Å². The topological polar surface area (TPSA) is 25.1 Å². The summed E-state index contributed by atoms with van der Waals surface area (Å²) in [6.07, 6.45) is 9.98. The van der Waals surface area contributed by atoms with Crippen LogP contribution in [-0.4, -0.2) is 22.9 Å². The maximum Gasteiger partial charge on any atom is 0.0951 e. The maximum absolute atomic E-state index is 6.00. The molecule has 102 valence electrons. The molecule has 4 aliphatic rings. The van der Waals surface area contributed by atoms with Gasteiger partial charge in [-0.2, -0.15) is 0 Å². The second-order valence-corrected chi connectivity index (χ2v) is 7.97. The van der Waals surface area contributed by atoms with Crippen molar-refractivity contribution in [3.05, 3.63) is 0 Å². The molecule has 0 aromatic heterocycles. The molecule has 0 bridgehead atoms. The van der Waals surface area contributed by atoms with Crippen molar-refractivity contribution in [1.82, 2.24) is 0 Å². The summed E-state index contributed by atoms with van der Waals surface area (Å²) in [5.41, 5.74) is 0.714. The van der Waals surface area contributed by atoms with Gasteiger partial charge in [0.1, 0.15) is 0 Å². The minimum Gasteiger partial charge on any atom is -0.366 e. The standard InChI is InChI=1S/C16H26O2/c1-14-9-11(4-5-13(14)17-14)8-12-6-7-15(2)16(3,10-12)18-15/h11-13H,4-10H2,1-3H3. The zero-order chi connectivity index (χ0) is 12.6. The molecule has 2 heteroatoms. The number of rotatable bonds is 2. The Balaban J connectivity index is 1.35. The average molecular weight is 250 g/mol. The van der Waals surface area contributed by atoms with Crippen molar-refractivity contribution in [3.63, 3.8) is 0 Å². The number of fused-ring (bicyclic) bond motifs is 2. The fraction of sp³-hybridized carbons (Fsp3) is 1.00. The van der Waals surface area contributed by atoms with Gasteiger partial charge in [0.05, 0.1) is 22.9 Å². The Morgan fingerprint density at radius 3 is 2.44 bits per heavy atom. The van der Waals surface area contributed by atoms with Crippen LogP contribution in [0.4, 0.5) is 0 Å². The number of hydrogen-bond donors (Lipinski definition) is 0. The first-order valence-electron chi connectivity index (χ1n) is 7.81. The predicted octanol–water partition coefficient (Wildman–Crippen LogP) is 3.68. The van der Waals surface area contributed by atoms with Gasteiger partial charge in [0.15, 0.2) is 0 Å². The minimum atomic E-state index is 0.215. The van der Waals surface area contributed by atoms with Crippen LogP contribution in [0.25, 0.3) is 0 Å². The van der Waals surface area contributed by atoms with Crippen LogP contribution >= 0.6 is 0 Å². The van der Waals surface area contributed by atoms with E-state index < -0.39 is 0 Å².